The zero-order valence-corrected chi connectivity index (χ0v) is 34.2. The zero-order valence-electron chi connectivity index (χ0n) is 33.3. The number of benzene rings is 2. The molecule has 0 bridgehead atoms. The maximum absolute atomic E-state index is 13.7. The number of nitrogens with zero attached hydrogens (tertiary/aromatic N) is 4. The summed E-state index contributed by atoms with van der Waals surface area (Å²) in [5.41, 5.74) is 5.27. The fourth-order valence-corrected chi connectivity index (χ4v) is 9.25. The van der Waals surface area contributed by atoms with Crippen LogP contribution < -0.4 is 16.0 Å². The second-order valence-corrected chi connectivity index (χ2v) is 16.6. The molecule has 0 saturated carbocycles. The first kappa shape index (κ1) is 39.8. The molecule has 14 nitrogen and oxygen atoms in total. The lowest BCUT2D eigenvalue weighted by atomic mass is 9.97. The van der Waals surface area contributed by atoms with Gasteiger partial charge < -0.3 is 40.2 Å². The maximum atomic E-state index is 13.7. The smallest absolute Gasteiger partial charge is 0.407 e. The molecule has 0 radical (unpaired) electrons. The van der Waals surface area contributed by atoms with Gasteiger partial charge in [0.05, 0.1) is 50.8 Å². The number of amides is 4. The minimum Gasteiger partial charge on any atom is -0.453 e. The zero-order chi connectivity index (χ0) is 40.4. The van der Waals surface area contributed by atoms with Crippen molar-refractivity contribution < 1.29 is 28.7 Å². The Hall–Kier alpha value is -5.44. The second kappa shape index (κ2) is 17.0. The third-order valence-electron chi connectivity index (χ3n) is 11.4. The number of aromatic amines is 1. The average molecular weight is 797 g/mol. The van der Waals surface area contributed by atoms with Crippen LogP contribution in [0, 0.1) is 11.8 Å². The van der Waals surface area contributed by atoms with Crippen LogP contribution in [0.25, 0.3) is 32.5 Å². The summed E-state index contributed by atoms with van der Waals surface area (Å²) in [5, 5.41) is 12.3. The molecule has 2 saturated heterocycles. The number of rotatable bonds is 11. The molecule has 0 spiro atoms. The first-order valence-corrected chi connectivity index (χ1v) is 20.6. The van der Waals surface area contributed by atoms with Gasteiger partial charge in [0.25, 0.3) is 0 Å². The van der Waals surface area contributed by atoms with Gasteiger partial charge in [-0.25, -0.2) is 14.6 Å². The highest BCUT2D eigenvalue weighted by molar-refractivity contribution is 7.17. The van der Waals surface area contributed by atoms with Crippen LogP contribution in [0.4, 0.5) is 9.59 Å². The van der Waals surface area contributed by atoms with Crippen molar-refractivity contribution in [3.05, 3.63) is 65.4 Å². The largest absolute Gasteiger partial charge is 0.453 e. The van der Waals surface area contributed by atoms with Crippen LogP contribution in [0.5, 0.6) is 0 Å². The van der Waals surface area contributed by atoms with Crippen molar-refractivity contribution in [2.75, 3.05) is 33.9 Å². The third kappa shape index (κ3) is 8.07. The van der Waals surface area contributed by atoms with Crippen molar-refractivity contribution in [3.8, 4) is 22.4 Å². The van der Waals surface area contributed by atoms with Crippen LogP contribution in [0.1, 0.15) is 76.8 Å². The summed E-state index contributed by atoms with van der Waals surface area (Å²) in [6.45, 7) is 9.42. The van der Waals surface area contributed by atoms with Crippen molar-refractivity contribution in [2.45, 2.75) is 83.6 Å². The number of nitrogens with one attached hydrogen (secondary N) is 4. The molecule has 4 amide bonds. The van der Waals surface area contributed by atoms with E-state index in [0.29, 0.717) is 19.6 Å². The Kier molecular flexibility index (Phi) is 11.8. The van der Waals surface area contributed by atoms with Crippen LogP contribution in [0.15, 0.2) is 59.0 Å². The molecule has 2 aromatic heterocycles. The van der Waals surface area contributed by atoms with Crippen LogP contribution in [-0.2, 0) is 19.1 Å². The van der Waals surface area contributed by atoms with Crippen LogP contribution in [0.2, 0.25) is 0 Å². The van der Waals surface area contributed by atoms with Gasteiger partial charge in [0, 0.05) is 28.7 Å². The minimum atomic E-state index is -0.693. The van der Waals surface area contributed by atoms with E-state index in [1.54, 1.807) is 11.3 Å². The summed E-state index contributed by atoms with van der Waals surface area (Å²) in [4.78, 5) is 68.1. The summed E-state index contributed by atoms with van der Waals surface area (Å²) in [6.07, 6.45) is 3.92. The van der Waals surface area contributed by atoms with Gasteiger partial charge in [-0.3, -0.25) is 14.6 Å². The molecule has 7 rings (SSSR count). The Labute approximate surface area is 336 Å². The van der Waals surface area contributed by atoms with Crippen molar-refractivity contribution in [1.82, 2.24) is 35.7 Å². The number of imidazole rings is 1. The molecule has 2 fully saturated rings. The van der Waals surface area contributed by atoms with E-state index in [-0.39, 0.29) is 41.8 Å². The number of carbonyl (C=O) groups excluding carboxylic acids is 4. The fraction of sp³-hybridized carbons (Fsp3) is 0.476. The molecular weight excluding hydrogens is 745 g/mol. The van der Waals surface area contributed by atoms with E-state index in [0.717, 1.165) is 75.4 Å². The normalized spacial score (nSPS) is 20.4. The number of fused-ring (bicyclic) bond motifs is 1. The van der Waals surface area contributed by atoms with Gasteiger partial charge >= 0.3 is 12.2 Å². The van der Waals surface area contributed by atoms with E-state index >= 15 is 0 Å². The molecule has 2 aromatic carbocycles. The topological polar surface area (TPSA) is 170 Å². The molecule has 4 aromatic rings. The summed E-state index contributed by atoms with van der Waals surface area (Å²) in [6, 6.07) is 13.3. The monoisotopic (exact) mass is 796 g/mol. The van der Waals surface area contributed by atoms with E-state index in [9.17, 15) is 19.2 Å². The van der Waals surface area contributed by atoms with Gasteiger partial charge in [0.15, 0.2) is 0 Å². The number of methoxy groups -OCH3 is 2. The first-order chi connectivity index (χ1) is 27.5. The lowest BCUT2D eigenvalue weighted by Gasteiger charge is -2.31. The Morgan fingerprint density at radius 1 is 0.807 bits per heavy atom. The molecule has 15 heteroatoms. The number of hydrogen-bond donors (Lipinski definition) is 4. The molecule has 0 aliphatic carbocycles. The first-order valence-electron chi connectivity index (χ1n) is 19.8. The van der Waals surface area contributed by atoms with E-state index in [1.165, 1.54) is 14.2 Å². The average Bonchev–Trinajstić information content (AvgIpc) is 4.07. The number of alkyl carbamates (subject to hydrolysis) is 2. The predicted molar refractivity (Wildman–Crippen MR) is 220 cm³/mol. The van der Waals surface area contributed by atoms with E-state index in [2.05, 4.69) is 68.8 Å². The molecule has 4 N–H and O–H groups in total. The molecule has 5 heterocycles. The number of aromatic nitrogens is 2. The number of hydrogen-bond acceptors (Lipinski definition) is 10. The van der Waals surface area contributed by atoms with E-state index < -0.39 is 24.3 Å². The quantitative estimate of drug-likeness (QED) is 0.135. The van der Waals surface area contributed by atoms with Gasteiger partial charge in [-0.15, -0.1) is 11.3 Å². The number of H-pyrrole nitrogens is 1. The van der Waals surface area contributed by atoms with Crippen molar-refractivity contribution >= 4 is 51.3 Å². The third-order valence-corrected chi connectivity index (χ3v) is 12.3. The lowest BCUT2D eigenvalue weighted by Crippen LogP contribution is -2.54. The van der Waals surface area contributed by atoms with E-state index in [4.69, 9.17) is 19.5 Å². The molecule has 3 aliphatic heterocycles. The highest BCUT2D eigenvalue weighted by Gasteiger charge is 2.40. The Morgan fingerprint density at radius 3 is 2.02 bits per heavy atom. The molecular formula is C42H52N8O6S. The van der Waals surface area contributed by atoms with Crippen molar-refractivity contribution in [2.24, 2.45) is 16.8 Å². The summed E-state index contributed by atoms with van der Waals surface area (Å²) >= 11 is 1.68. The molecule has 1 unspecified atom stereocenters. The van der Waals surface area contributed by atoms with Crippen LogP contribution >= 0.6 is 11.3 Å². The van der Waals surface area contributed by atoms with Crippen molar-refractivity contribution in [3.63, 3.8) is 0 Å². The summed E-state index contributed by atoms with van der Waals surface area (Å²) < 4.78 is 10.7. The van der Waals surface area contributed by atoms with Gasteiger partial charge in [-0.05, 0) is 65.7 Å². The number of aliphatic imine (C=N–C) groups is 1. The minimum absolute atomic E-state index is 0.00901. The number of thiophene rings is 1. The standard InChI is InChI=1S/C42H52N8O6S/c1-23(2)34(47-41(53)55-5)39(51)49-18-7-9-32(49)37-43-21-30(45-37)26-13-11-25(12-14-26)27-15-16-29(36-28(27)17-20-57-36)31-22-44-38(46-31)33-10-8-19-50(33)40(52)35(24(3)4)48-42(54)56-6/h11-17,20,22-24,30,32-35H,7-10,18-19,21H2,1-6H3,(H,43,45)(H,44,46)(H,47,53)(H,48,54)/t30?,32-,33-,34-,35-/m0/s1. The maximum Gasteiger partial charge on any atom is 0.407 e. The Balaban J connectivity index is 1.04. The van der Waals surface area contributed by atoms with Gasteiger partial charge in [-0.1, -0.05) is 64.1 Å². The Bertz CT molecular complexity index is 2140. The predicted octanol–water partition coefficient (Wildman–Crippen LogP) is 6.42. The Morgan fingerprint density at radius 2 is 1.40 bits per heavy atom. The summed E-state index contributed by atoms with van der Waals surface area (Å²) in [5.74, 6) is 1.09. The number of amidine groups is 1. The number of ether oxygens (including phenoxy) is 2. The van der Waals surface area contributed by atoms with Crippen LogP contribution in [-0.4, -0.2) is 102 Å². The number of carbonyl (C=O) groups is 4. The second-order valence-electron chi connectivity index (χ2n) is 15.6. The van der Waals surface area contributed by atoms with Gasteiger partial charge in [-0.2, -0.15) is 0 Å². The van der Waals surface area contributed by atoms with Gasteiger partial charge in [0.1, 0.15) is 23.7 Å². The highest BCUT2D eigenvalue weighted by Crippen LogP contribution is 2.40. The lowest BCUT2D eigenvalue weighted by molar-refractivity contribution is -0.135. The molecule has 57 heavy (non-hydrogen) atoms. The van der Waals surface area contributed by atoms with Crippen LogP contribution in [0.3, 0.4) is 0 Å². The SMILES string of the molecule is COC(=O)N[C@H](C(=O)N1CCC[C@H]1C1=NCC(c2ccc(-c3ccc(-c4cnc([C@@H]5CCCN5C(=O)[C@@H](NC(=O)OC)C(C)C)[nH]4)c4sccc34)cc2)N1)C(C)C. The highest BCUT2D eigenvalue weighted by atomic mass is 32.1. The van der Waals surface area contributed by atoms with Gasteiger partial charge in [0.2, 0.25) is 11.8 Å². The molecule has 302 valence electrons. The van der Waals surface area contributed by atoms with Crippen molar-refractivity contribution in [1.29, 1.82) is 0 Å². The van der Waals surface area contributed by atoms with E-state index in [1.807, 2.05) is 43.7 Å². The fourth-order valence-electron chi connectivity index (χ4n) is 8.30. The molecule has 3 aliphatic rings. The summed E-state index contributed by atoms with van der Waals surface area (Å²) in [7, 11) is 2.59. The number of likely N-dealkylation sites (tertiary alicyclic amines) is 2. The molecule has 5 atom stereocenters.